The number of carbonyl (C=O) groups is 1. The van der Waals surface area contributed by atoms with E-state index in [0.29, 0.717) is 0 Å². The molecule has 0 bridgehead atoms. The zero-order valence-electron chi connectivity index (χ0n) is 11.1. The molecule has 1 unspecified atom stereocenters. The number of rotatable bonds is 4. The van der Waals surface area contributed by atoms with Gasteiger partial charge in [-0.2, -0.15) is 0 Å². The molecule has 0 aromatic heterocycles. The highest BCUT2D eigenvalue weighted by Crippen LogP contribution is 2.22. The van der Waals surface area contributed by atoms with Crippen molar-refractivity contribution in [2.24, 2.45) is 11.7 Å². The third-order valence-corrected chi connectivity index (χ3v) is 3.78. The first kappa shape index (κ1) is 13.8. The summed E-state index contributed by atoms with van der Waals surface area (Å²) in [6.07, 6.45) is 2.51. The van der Waals surface area contributed by atoms with Crippen molar-refractivity contribution in [3.05, 3.63) is 24.3 Å². The van der Waals surface area contributed by atoms with Crippen LogP contribution < -0.4 is 16.0 Å². The van der Waals surface area contributed by atoms with E-state index >= 15 is 0 Å². The molecule has 1 aromatic carbocycles. The molecule has 1 saturated heterocycles. The fourth-order valence-corrected chi connectivity index (χ4v) is 2.22. The SMILES string of the molecule is CC(C(=O)Nc1ccc(N2CCCC2)cc1)C(N)=S. The first-order valence-corrected chi connectivity index (χ1v) is 6.94. The zero-order chi connectivity index (χ0) is 13.8. The first-order chi connectivity index (χ1) is 9.08. The standard InChI is InChI=1S/C14H19N3OS/c1-10(13(15)19)14(18)16-11-4-6-12(7-5-11)17-8-2-3-9-17/h4-7,10H,2-3,8-9H2,1H3,(H2,15,19)(H,16,18). The van der Waals surface area contributed by atoms with Crippen LogP contribution >= 0.6 is 12.2 Å². The summed E-state index contributed by atoms with van der Waals surface area (Å²) >= 11 is 4.81. The van der Waals surface area contributed by atoms with Gasteiger partial charge in [0.15, 0.2) is 0 Å². The highest BCUT2D eigenvalue weighted by Gasteiger charge is 2.16. The van der Waals surface area contributed by atoms with Gasteiger partial charge >= 0.3 is 0 Å². The van der Waals surface area contributed by atoms with Crippen LogP contribution in [-0.4, -0.2) is 24.0 Å². The van der Waals surface area contributed by atoms with Crippen LogP contribution in [-0.2, 0) is 4.79 Å². The summed E-state index contributed by atoms with van der Waals surface area (Å²) in [6.45, 7) is 3.94. The summed E-state index contributed by atoms with van der Waals surface area (Å²) in [4.78, 5) is 14.4. The van der Waals surface area contributed by atoms with Crippen LogP contribution in [0.3, 0.4) is 0 Å². The van der Waals surface area contributed by atoms with Crippen molar-refractivity contribution in [1.29, 1.82) is 0 Å². The van der Waals surface area contributed by atoms with Crippen molar-refractivity contribution in [1.82, 2.24) is 0 Å². The van der Waals surface area contributed by atoms with Crippen LogP contribution in [0.15, 0.2) is 24.3 Å². The van der Waals surface area contributed by atoms with Crippen LogP contribution in [0.25, 0.3) is 0 Å². The number of nitrogens with zero attached hydrogens (tertiary/aromatic N) is 1. The van der Waals surface area contributed by atoms with E-state index in [4.69, 9.17) is 18.0 Å². The average molecular weight is 277 g/mol. The molecule has 2 rings (SSSR count). The predicted molar refractivity (Wildman–Crippen MR) is 82.5 cm³/mol. The number of carbonyl (C=O) groups excluding carboxylic acids is 1. The monoisotopic (exact) mass is 277 g/mol. The second-order valence-corrected chi connectivity index (χ2v) is 5.33. The van der Waals surface area contributed by atoms with E-state index in [-0.39, 0.29) is 10.9 Å². The normalized spacial score (nSPS) is 16.2. The topological polar surface area (TPSA) is 58.4 Å². The Kier molecular flexibility index (Phi) is 4.37. The number of anilines is 2. The van der Waals surface area contributed by atoms with Crippen molar-refractivity contribution < 1.29 is 4.79 Å². The van der Waals surface area contributed by atoms with Crippen molar-refractivity contribution in [2.45, 2.75) is 19.8 Å². The molecule has 0 aliphatic carbocycles. The number of benzene rings is 1. The van der Waals surface area contributed by atoms with Gasteiger partial charge in [-0.05, 0) is 44.0 Å². The van der Waals surface area contributed by atoms with Crippen molar-refractivity contribution >= 4 is 34.5 Å². The molecule has 102 valence electrons. The number of nitrogens with one attached hydrogen (secondary N) is 1. The van der Waals surface area contributed by atoms with Crippen LogP contribution in [0, 0.1) is 5.92 Å². The van der Waals surface area contributed by atoms with E-state index in [1.165, 1.54) is 18.5 Å². The van der Waals surface area contributed by atoms with Crippen LogP contribution in [0.5, 0.6) is 0 Å². The molecule has 3 N–H and O–H groups in total. The molecule has 4 nitrogen and oxygen atoms in total. The van der Waals surface area contributed by atoms with Crippen LogP contribution in [0.4, 0.5) is 11.4 Å². The predicted octanol–water partition coefficient (Wildman–Crippen LogP) is 2.15. The Labute approximate surface area is 119 Å². The van der Waals surface area contributed by atoms with Gasteiger partial charge in [0.05, 0.1) is 10.9 Å². The van der Waals surface area contributed by atoms with Crippen molar-refractivity contribution in [3.8, 4) is 0 Å². The van der Waals surface area contributed by atoms with E-state index in [1.807, 2.05) is 24.3 Å². The molecule has 5 heteroatoms. The van der Waals surface area contributed by atoms with Gasteiger partial charge in [-0.3, -0.25) is 4.79 Å². The lowest BCUT2D eigenvalue weighted by Gasteiger charge is -2.18. The molecule has 1 atom stereocenters. The minimum absolute atomic E-state index is 0.165. The van der Waals surface area contributed by atoms with Gasteiger partial charge in [0.2, 0.25) is 5.91 Å². The van der Waals surface area contributed by atoms with E-state index in [0.717, 1.165) is 18.8 Å². The fourth-order valence-electron chi connectivity index (χ4n) is 2.11. The fraction of sp³-hybridized carbons (Fsp3) is 0.429. The molecule has 0 saturated carbocycles. The smallest absolute Gasteiger partial charge is 0.234 e. The Balaban J connectivity index is 1.98. The Morgan fingerprint density at radius 2 is 1.89 bits per heavy atom. The summed E-state index contributed by atoms with van der Waals surface area (Å²) in [5.74, 6) is -0.616. The van der Waals surface area contributed by atoms with Gasteiger partial charge in [0.1, 0.15) is 0 Å². The van der Waals surface area contributed by atoms with Gasteiger partial charge < -0.3 is 16.0 Å². The van der Waals surface area contributed by atoms with Gasteiger partial charge in [-0.25, -0.2) is 0 Å². The van der Waals surface area contributed by atoms with E-state index in [9.17, 15) is 4.79 Å². The molecular weight excluding hydrogens is 258 g/mol. The molecule has 1 heterocycles. The summed E-state index contributed by atoms with van der Waals surface area (Å²) in [5.41, 5.74) is 7.44. The average Bonchev–Trinajstić information content (AvgIpc) is 2.92. The Morgan fingerprint density at radius 3 is 2.42 bits per heavy atom. The second-order valence-electron chi connectivity index (χ2n) is 4.85. The van der Waals surface area contributed by atoms with Crippen molar-refractivity contribution in [2.75, 3.05) is 23.3 Å². The number of hydrogen-bond acceptors (Lipinski definition) is 3. The van der Waals surface area contributed by atoms with Crippen LogP contribution in [0.1, 0.15) is 19.8 Å². The zero-order valence-corrected chi connectivity index (χ0v) is 11.9. The Bertz CT molecular complexity index is 466. The summed E-state index contributed by atoms with van der Waals surface area (Å²) in [5, 5.41) is 2.82. The molecular formula is C14H19N3OS. The molecule has 0 spiro atoms. The van der Waals surface area contributed by atoms with Crippen LogP contribution in [0.2, 0.25) is 0 Å². The van der Waals surface area contributed by atoms with E-state index in [2.05, 4.69) is 10.2 Å². The maximum absolute atomic E-state index is 11.8. The molecule has 1 aromatic rings. The maximum Gasteiger partial charge on any atom is 0.234 e. The molecule has 1 amide bonds. The highest BCUT2D eigenvalue weighted by molar-refractivity contribution is 7.80. The van der Waals surface area contributed by atoms with Gasteiger partial charge in [0, 0.05) is 24.5 Å². The lowest BCUT2D eigenvalue weighted by molar-refractivity contribution is -0.117. The lowest BCUT2D eigenvalue weighted by Crippen LogP contribution is -2.30. The minimum Gasteiger partial charge on any atom is -0.393 e. The quantitative estimate of drug-likeness (QED) is 0.828. The second kappa shape index (κ2) is 6.02. The molecule has 0 radical (unpaired) electrons. The number of hydrogen-bond donors (Lipinski definition) is 2. The largest absolute Gasteiger partial charge is 0.393 e. The van der Waals surface area contributed by atoms with Gasteiger partial charge in [-0.15, -0.1) is 0 Å². The summed E-state index contributed by atoms with van der Waals surface area (Å²) < 4.78 is 0. The lowest BCUT2D eigenvalue weighted by atomic mass is 10.1. The molecule has 1 fully saturated rings. The summed E-state index contributed by atoms with van der Waals surface area (Å²) in [7, 11) is 0. The first-order valence-electron chi connectivity index (χ1n) is 6.53. The third-order valence-electron chi connectivity index (χ3n) is 3.43. The van der Waals surface area contributed by atoms with Crippen molar-refractivity contribution in [3.63, 3.8) is 0 Å². The Hall–Kier alpha value is -1.62. The number of nitrogens with two attached hydrogens (primary N) is 1. The highest BCUT2D eigenvalue weighted by atomic mass is 32.1. The van der Waals surface area contributed by atoms with Gasteiger partial charge in [-0.1, -0.05) is 12.2 Å². The molecule has 1 aliphatic heterocycles. The third kappa shape index (κ3) is 3.44. The maximum atomic E-state index is 11.8. The molecule has 19 heavy (non-hydrogen) atoms. The van der Waals surface area contributed by atoms with E-state index in [1.54, 1.807) is 6.92 Å². The van der Waals surface area contributed by atoms with E-state index < -0.39 is 5.92 Å². The Morgan fingerprint density at radius 1 is 1.32 bits per heavy atom. The number of amides is 1. The summed E-state index contributed by atoms with van der Waals surface area (Å²) in [6, 6.07) is 7.90. The van der Waals surface area contributed by atoms with Gasteiger partial charge in [0.25, 0.3) is 0 Å². The number of thiocarbonyl (C=S) groups is 1. The minimum atomic E-state index is -0.451. The molecule has 1 aliphatic rings.